The van der Waals surface area contributed by atoms with Gasteiger partial charge in [-0.25, -0.2) is 4.79 Å². The molecule has 1 atom stereocenters. The highest BCUT2D eigenvalue weighted by Crippen LogP contribution is 2.40. The fraction of sp³-hybridized carbons (Fsp3) is 0.667. The predicted octanol–water partition coefficient (Wildman–Crippen LogP) is 2.32. The zero-order valence-electron chi connectivity index (χ0n) is 12.6. The number of amides is 4. The van der Waals surface area contributed by atoms with Gasteiger partial charge in [0.25, 0.3) is 0 Å². The van der Waals surface area contributed by atoms with E-state index in [0.29, 0.717) is 0 Å². The zero-order chi connectivity index (χ0) is 15.1. The number of nitrogens with zero attached hydrogens (tertiary/aromatic N) is 2. The molecule has 1 aliphatic carbocycles. The van der Waals surface area contributed by atoms with Gasteiger partial charge >= 0.3 is 6.03 Å². The third kappa shape index (κ3) is 1.96. The average Bonchev–Trinajstić information content (AvgIpc) is 2.44. The Hall–Kier alpha value is -1.65. The van der Waals surface area contributed by atoms with Gasteiger partial charge in [0, 0.05) is 13.1 Å². The summed E-state index contributed by atoms with van der Waals surface area (Å²) in [6, 6.07) is -0.780. The fourth-order valence-corrected chi connectivity index (χ4v) is 3.03. The molecule has 110 valence electrons. The number of carbonyl (C=O) groups excluding carboxylic acids is 3. The number of carbonyl (C=O) groups is 3. The molecule has 5 nitrogen and oxygen atoms in total. The highest BCUT2D eigenvalue weighted by molar-refractivity contribution is 6.20. The van der Waals surface area contributed by atoms with Crippen molar-refractivity contribution in [3.8, 4) is 0 Å². The molecule has 0 bridgehead atoms. The molecule has 0 aromatic heterocycles. The highest BCUT2D eigenvalue weighted by Gasteiger charge is 2.55. The van der Waals surface area contributed by atoms with Crippen LogP contribution in [0.25, 0.3) is 0 Å². The maximum absolute atomic E-state index is 12.8. The van der Waals surface area contributed by atoms with Gasteiger partial charge in [-0.3, -0.25) is 19.4 Å². The predicted molar refractivity (Wildman–Crippen MR) is 74.8 cm³/mol. The average molecular weight is 278 g/mol. The van der Waals surface area contributed by atoms with Crippen LogP contribution in [0.15, 0.2) is 11.6 Å². The van der Waals surface area contributed by atoms with E-state index in [1.165, 1.54) is 11.9 Å². The lowest BCUT2D eigenvalue weighted by molar-refractivity contribution is -0.155. The zero-order valence-corrected chi connectivity index (χ0v) is 12.6. The van der Waals surface area contributed by atoms with E-state index in [-0.39, 0.29) is 11.9 Å². The van der Waals surface area contributed by atoms with Crippen LogP contribution in [0.4, 0.5) is 4.79 Å². The third-order valence-electron chi connectivity index (χ3n) is 4.32. The molecule has 0 aromatic rings. The molecule has 0 radical (unpaired) electrons. The molecular weight excluding hydrogens is 256 g/mol. The van der Waals surface area contributed by atoms with Gasteiger partial charge < -0.3 is 0 Å². The summed E-state index contributed by atoms with van der Waals surface area (Å²) in [6.07, 6.45) is 5.72. The van der Waals surface area contributed by atoms with Crippen LogP contribution in [0.3, 0.4) is 0 Å². The van der Waals surface area contributed by atoms with Crippen molar-refractivity contribution in [3.05, 3.63) is 11.6 Å². The minimum atomic E-state index is -1.21. The maximum Gasteiger partial charge on any atom is 0.333 e. The van der Waals surface area contributed by atoms with Crippen molar-refractivity contribution in [1.82, 2.24) is 9.80 Å². The molecule has 0 spiro atoms. The van der Waals surface area contributed by atoms with Gasteiger partial charge in [-0.2, -0.15) is 0 Å². The largest absolute Gasteiger partial charge is 0.333 e. The van der Waals surface area contributed by atoms with Gasteiger partial charge in [-0.15, -0.1) is 0 Å². The van der Waals surface area contributed by atoms with Crippen LogP contribution >= 0.6 is 0 Å². The molecule has 1 aliphatic heterocycles. The SMILES string of the molecule is CC(C)N1C(=O)N(C)C(=O)C(C)(C2=CCCCC2)C1=O. The summed E-state index contributed by atoms with van der Waals surface area (Å²) in [6.45, 7) is 5.23. The van der Waals surface area contributed by atoms with Crippen molar-refractivity contribution < 1.29 is 14.4 Å². The number of imide groups is 2. The Bertz CT molecular complexity index is 495. The summed E-state index contributed by atoms with van der Waals surface area (Å²) in [5.74, 6) is -0.786. The maximum atomic E-state index is 12.8. The van der Waals surface area contributed by atoms with Crippen molar-refractivity contribution in [1.29, 1.82) is 0 Å². The summed E-state index contributed by atoms with van der Waals surface area (Å²) in [5.41, 5.74) is -0.350. The van der Waals surface area contributed by atoms with E-state index < -0.39 is 17.4 Å². The number of hydrogen-bond donors (Lipinski definition) is 0. The monoisotopic (exact) mass is 278 g/mol. The standard InChI is InChI=1S/C15H22N2O3/c1-10(2)17-13(19)15(3,11-8-6-5-7-9-11)12(18)16(4)14(17)20/h8,10H,5-7,9H2,1-4H3. The minimum Gasteiger partial charge on any atom is -0.273 e. The molecule has 1 saturated heterocycles. The Morgan fingerprint density at radius 2 is 1.80 bits per heavy atom. The van der Waals surface area contributed by atoms with Crippen molar-refractivity contribution in [2.45, 2.75) is 52.5 Å². The van der Waals surface area contributed by atoms with Crippen LogP contribution < -0.4 is 0 Å². The van der Waals surface area contributed by atoms with E-state index in [1.807, 2.05) is 6.08 Å². The second-order valence-corrected chi connectivity index (χ2v) is 6.02. The number of rotatable bonds is 2. The van der Waals surface area contributed by atoms with E-state index in [9.17, 15) is 14.4 Å². The lowest BCUT2D eigenvalue weighted by atomic mass is 9.73. The van der Waals surface area contributed by atoms with Crippen molar-refractivity contribution in [2.75, 3.05) is 7.05 Å². The number of barbiturate groups is 1. The van der Waals surface area contributed by atoms with Gasteiger partial charge in [0.05, 0.1) is 0 Å². The van der Waals surface area contributed by atoms with Crippen LogP contribution in [0.5, 0.6) is 0 Å². The first-order valence-electron chi connectivity index (χ1n) is 7.17. The Morgan fingerprint density at radius 3 is 2.30 bits per heavy atom. The molecule has 2 aliphatic rings. The summed E-state index contributed by atoms with van der Waals surface area (Å²) >= 11 is 0. The van der Waals surface area contributed by atoms with Crippen molar-refractivity contribution in [3.63, 3.8) is 0 Å². The molecule has 4 amide bonds. The summed E-state index contributed by atoms with van der Waals surface area (Å²) in [5, 5.41) is 0. The molecule has 2 rings (SSSR count). The molecule has 20 heavy (non-hydrogen) atoms. The number of urea groups is 1. The van der Waals surface area contributed by atoms with E-state index in [0.717, 1.165) is 36.2 Å². The number of allylic oxidation sites excluding steroid dienone is 1. The first kappa shape index (κ1) is 14.8. The quantitative estimate of drug-likeness (QED) is 0.575. The molecule has 0 N–H and O–H groups in total. The van der Waals surface area contributed by atoms with Gasteiger partial charge in [0.2, 0.25) is 11.8 Å². The molecule has 1 heterocycles. The van der Waals surface area contributed by atoms with Gasteiger partial charge in [0.1, 0.15) is 5.41 Å². The Kier molecular flexibility index (Phi) is 3.71. The van der Waals surface area contributed by atoms with E-state index in [4.69, 9.17) is 0 Å². The van der Waals surface area contributed by atoms with E-state index in [1.54, 1.807) is 20.8 Å². The summed E-state index contributed by atoms with van der Waals surface area (Å²) < 4.78 is 0. The Labute approximate surface area is 119 Å². The third-order valence-corrected chi connectivity index (χ3v) is 4.32. The highest BCUT2D eigenvalue weighted by atomic mass is 16.2. The van der Waals surface area contributed by atoms with Crippen LogP contribution in [-0.4, -0.2) is 40.7 Å². The van der Waals surface area contributed by atoms with E-state index >= 15 is 0 Å². The lowest BCUT2D eigenvalue weighted by Gasteiger charge is -2.44. The van der Waals surface area contributed by atoms with Gasteiger partial charge in [-0.1, -0.05) is 6.08 Å². The fourth-order valence-electron chi connectivity index (χ4n) is 3.03. The van der Waals surface area contributed by atoms with Gasteiger partial charge in [-0.05, 0) is 52.0 Å². The number of hydrogen-bond acceptors (Lipinski definition) is 3. The molecular formula is C15H22N2O3. The summed E-state index contributed by atoms with van der Waals surface area (Å²) in [7, 11) is 1.45. The van der Waals surface area contributed by atoms with Crippen molar-refractivity contribution >= 4 is 17.8 Å². The second kappa shape index (κ2) is 5.04. The first-order chi connectivity index (χ1) is 9.31. The van der Waals surface area contributed by atoms with E-state index in [2.05, 4.69) is 0 Å². The summed E-state index contributed by atoms with van der Waals surface area (Å²) in [4.78, 5) is 39.8. The van der Waals surface area contributed by atoms with Gasteiger partial charge in [0.15, 0.2) is 0 Å². The second-order valence-electron chi connectivity index (χ2n) is 6.02. The van der Waals surface area contributed by atoms with Crippen LogP contribution in [0.1, 0.15) is 46.5 Å². The lowest BCUT2D eigenvalue weighted by Crippen LogP contribution is -2.65. The smallest absolute Gasteiger partial charge is 0.273 e. The van der Waals surface area contributed by atoms with Crippen LogP contribution in [0, 0.1) is 5.41 Å². The topological polar surface area (TPSA) is 57.7 Å². The molecule has 1 fully saturated rings. The normalized spacial score (nSPS) is 28.2. The Balaban J connectivity index is 2.50. The first-order valence-corrected chi connectivity index (χ1v) is 7.17. The Morgan fingerprint density at radius 1 is 1.15 bits per heavy atom. The molecule has 5 heteroatoms. The molecule has 1 unspecified atom stereocenters. The van der Waals surface area contributed by atoms with Crippen molar-refractivity contribution in [2.24, 2.45) is 5.41 Å². The molecule has 0 aromatic carbocycles. The molecule has 0 saturated carbocycles. The van der Waals surface area contributed by atoms with Crippen LogP contribution in [0.2, 0.25) is 0 Å². The minimum absolute atomic E-state index is 0.255. The van der Waals surface area contributed by atoms with Crippen LogP contribution in [-0.2, 0) is 9.59 Å².